The van der Waals surface area contributed by atoms with Crippen LogP contribution < -0.4 is 5.32 Å². The van der Waals surface area contributed by atoms with Crippen LogP contribution in [0.2, 0.25) is 0 Å². The fourth-order valence-electron chi connectivity index (χ4n) is 2.57. The lowest BCUT2D eigenvalue weighted by molar-refractivity contribution is -0.137. The molecule has 1 aromatic heterocycles. The number of alkyl halides is 3. The second kappa shape index (κ2) is 5.80. The number of nitrogens with one attached hydrogen (secondary N) is 1. The van der Waals surface area contributed by atoms with Gasteiger partial charge in [0.25, 0.3) is 0 Å². The van der Waals surface area contributed by atoms with Crippen LogP contribution in [-0.2, 0) is 6.18 Å². The molecule has 5 heteroatoms. The molecule has 2 rings (SSSR count). The first-order valence-corrected chi connectivity index (χ1v) is 6.75. The van der Waals surface area contributed by atoms with E-state index in [1.807, 2.05) is 0 Å². The van der Waals surface area contributed by atoms with Gasteiger partial charge in [-0.2, -0.15) is 13.2 Å². The van der Waals surface area contributed by atoms with Crippen molar-refractivity contribution in [2.24, 2.45) is 5.92 Å². The summed E-state index contributed by atoms with van der Waals surface area (Å²) in [6, 6.07) is 2.50. The number of pyridine rings is 1. The first-order chi connectivity index (χ1) is 8.97. The smallest absolute Gasteiger partial charge is 0.367 e. The van der Waals surface area contributed by atoms with Gasteiger partial charge >= 0.3 is 6.18 Å². The van der Waals surface area contributed by atoms with Crippen LogP contribution in [0.15, 0.2) is 18.3 Å². The molecule has 0 spiro atoms. The zero-order valence-corrected chi connectivity index (χ0v) is 11.0. The van der Waals surface area contributed by atoms with E-state index in [0.29, 0.717) is 5.92 Å². The van der Waals surface area contributed by atoms with Crippen LogP contribution in [0.4, 0.5) is 19.0 Å². The summed E-state index contributed by atoms with van der Waals surface area (Å²) < 4.78 is 38.6. The summed E-state index contributed by atoms with van der Waals surface area (Å²) in [4.78, 5) is 3.86. The lowest BCUT2D eigenvalue weighted by Gasteiger charge is -2.20. The average Bonchev–Trinajstić information content (AvgIpc) is 2.54. The predicted molar refractivity (Wildman–Crippen MR) is 68.9 cm³/mol. The van der Waals surface area contributed by atoms with Crippen LogP contribution in [0.25, 0.3) is 0 Å². The van der Waals surface area contributed by atoms with Gasteiger partial charge < -0.3 is 5.32 Å². The quantitative estimate of drug-likeness (QED) is 0.803. The molecular formula is C14H19F3N2. The van der Waals surface area contributed by atoms with Crippen LogP contribution in [0.3, 0.4) is 0 Å². The van der Waals surface area contributed by atoms with Gasteiger partial charge in [0.1, 0.15) is 5.82 Å². The number of halogens is 3. The van der Waals surface area contributed by atoms with Gasteiger partial charge in [0.2, 0.25) is 0 Å². The SMILES string of the molecule is CC1CCCC(Nc2ncccc2C(F)(F)F)CC1. The van der Waals surface area contributed by atoms with Crippen LogP contribution in [0, 0.1) is 5.92 Å². The van der Waals surface area contributed by atoms with Gasteiger partial charge in [-0.3, -0.25) is 0 Å². The Morgan fingerprint density at radius 2 is 2.00 bits per heavy atom. The number of anilines is 1. The Bertz CT molecular complexity index is 417. The normalized spacial score (nSPS) is 24.8. The Morgan fingerprint density at radius 1 is 1.21 bits per heavy atom. The zero-order valence-electron chi connectivity index (χ0n) is 11.0. The van der Waals surface area contributed by atoms with Crippen LogP contribution in [-0.4, -0.2) is 11.0 Å². The Labute approximate surface area is 111 Å². The van der Waals surface area contributed by atoms with Crippen molar-refractivity contribution >= 4 is 5.82 Å². The van der Waals surface area contributed by atoms with E-state index in [2.05, 4.69) is 17.2 Å². The minimum atomic E-state index is -4.35. The first-order valence-electron chi connectivity index (χ1n) is 6.75. The molecule has 106 valence electrons. The molecule has 2 unspecified atom stereocenters. The summed E-state index contributed by atoms with van der Waals surface area (Å²) in [5, 5.41) is 2.99. The highest BCUT2D eigenvalue weighted by Gasteiger charge is 2.34. The second-order valence-corrected chi connectivity index (χ2v) is 5.35. The average molecular weight is 272 g/mol. The number of aromatic nitrogens is 1. The first kappa shape index (κ1) is 14.2. The molecule has 0 radical (unpaired) electrons. The minimum absolute atomic E-state index is 0.0328. The molecule has 1 saturated carbocycles. The number of nitrogens with zero attached hydrogens (tertiary/aromatic N) is 1. The molecule has 0 amide bonds. The summed E-state index contributed by atoms with van der Waals surface area (Å²) in [7, 11) is 0. The van der Waals surface area contributed by atoms with Crippen molar-refractivity contribution in [3.05, 3.63) is 23.9 Å². The maximum atomic E-state index is 12.9. The molecule has 2 atom stereocenters. The van der Waals surface area contributed by atoms with E-state index in [0.717, 1.165) is 38.2 Å². The lowest BCUT2D eigenvalue weighted by Crippen LogP contribution is -2.22. The summed E-state index contributed by atoms with van der Waals surface area (Å²) >= 11 is 0. The van der Waals surface area contributed by atoms with E-state index in [9.17, 15) is 13.2 Å². The third kappa shape index (κ3) is 3.85. The molecule has 1 aliphatic carbocycles. The van der Waals surface area contributed by atoms with E-state index < -0.39 is 11.7 Å². The number of hydrogen-bond acceptors (Lipinski definition) is 2. The summed E-state index contributed by atoms with van der Waals surface area (Å²) in [6.45, 7) is 2.20. The van der Waals surface area contributed by atoms with Gasteiger partial charge in [-0.25, -0.2) is 4.98 Å². The standard InChI is InChI=1S/C14H19F3N2/c1-10-4-2-5-11(8-7-10)19-13-12(14(15,16)17)6-3-9-18-13/h3,6,9-11H,2,4-5,7-8H2,1H3,(H,18,19). The topological polar surface area (TPSA) is 24.9 Å². The van der Waals surface area contributed by atoms with Crippen molar-refractivity contribution in [1.82, 2.24) is 4.98 Å². The highest BCUT2D eigenvalue weighted by Crippen LogP contribution is 2.34. The molecule has 0 aliphatic heterocycles. The second-order valence-electron chi connectivity index (χ2n) is 5.35. The third-order valence-corrected chi connectivity index (χ3v) is 3.71. The van der Waals surface area contributed by atoms with Crippen molar-refractivity contribution in [3.63, 3.8) is 0 Å². The molecule has 1 aromatic rings. The lowest BCUT2D eigenvalue weighted by atomic mass is 10.0. The Hall–Kier alpha value is -1.26. The van der Waals surface area contributed by atoms with Crippen LogP contribution in [0.1, 0.15) is 44.6 Å². The van der Waals surface area contributed by atoms with Crippen molar-refractivity contribution in [2.75, 3.05) is 5.32 Å². The molecule has 1 aliphatic rings. The maximum absolute atomic E-state index is 12.9. The molecule has 1 N–H and O–H groups in total. The summed E-state index contributed by atoms with van der Waals surface area (Å²) in [5.74, 6) is 0.632. The zero-order chi connectivity index (χ0) is 13.9. The largest absolute Gasteiger partial charge is 0.419 e. The van der Waals surface area contributed by atoms with Crippen LogP contribution in [0.5, 0.6) is 0 Å². The fraction of sp³-hybridized carbons (Fsp3) is 0.643. The Kier molecular flexibility index (Phi) is 4.32. The van der Waals surface area contributed by atoms with Gasteiger partial charge in [0.05, 0.1) is 5.56 Å². The maximum Gasteiger partial charge on any atom is 0.419 e. The molecule has 0 bridgehead atoms. The van der Waals surface area contributed by atoms with Gasteiger partial charge in [-0.05, 0) is 37.3 Å². The molecular weight excluding hydrogens is 253 g/mol. The van der Waals surface area contributed by atoms with Crippen molar-refractivity contribution in [3.8, 4) is 0 Å². The van der Waals surface area contributed by atoms with E-state index in [1.54, 1.807) is 0 Å². The van der Waals surface area contributed by atoms with Gasteiger partial charge in [0.15, 0.2) is 0 Å². The van der Waals surface area contributed by atoms with E-state index in [-0.39, 0.29) is 11.9 Å². The van der Waals surface area contributed by atoms with Crippen molar-refractivity contribution in [2.45, 2.75) is 51.2 Å². The van der Waals surface area contributed by atoms with Crippen molar-refractivity contribution in [1.29, 1.82) is 0 Å². The van der Waals surface area contributed by atoms with Gasteiger partial charge in [-0.1, -0.05) is 19.8 Å². The van der Waals surface area contributed by atoms with E-state index in [1.165, 1.54) is 12.3 Å². The van der Waals surface area contributed by atoms with E-state index in [4.69, 9.17) is 0 Å². The minimum Gasteiger partial charge on any atom is -0.367 e. The molecule has 0 aromatic carbocycles. The van der Waals surface area contributed by atoms with Gasteiger partial charge in [0, 0.05) is 12.2 Å². The van der Waals surface area contributed by atoms with Gasteiger partial charge in [-0.15, -0.1) is 0 Å². The number of rotatable bonds is 2. The highest BCUT2D eigenvalue weighted by molar-refractivity contribution is 5.46. The monoisotopic (exact) mass is 272 g/mol. The third-order valence-electron chi connectivity index (χ3n) is 3.71. The molecule has 19 heavy (non-hydrogen) atoms. The summed E-state index contributed by atoms with van der Waals surface area (Å²) in [5.41, 5.74) is -0.674. The predicted octanol–water partition coefficient (Wildman–Crippen LogP) is 4.48. The number of hydrogen-bond donors (Lipinski definition) is 1. The summed E-state index contributed by atoms with van der Waals surface area (Å²) in [6.07, 6.45) is 2.16. The fourth-order valence-corrected chi connectivity index (χ4v) is 2.57. The Balaban J connectivity index is 2.10. The van der Waals surface area contributed by atoms with Crippen LogP contribution >= 0.6 is 0 Å². The molecule has 0 saturated heterocycles. The van der Waals surface area contributed by atoms with E-state index >= 15 is 0 Å². The molecule has 2 nitrogen and oxygen atoms in total. The highest BCUT2D eigenvalue weighted by atomic mass is 19.4. The molecule has 1 fully saturated rings. The Morgan fingerprint density at radius 3 is 2.74 bits per heavy atom. The molecule has 1 heterocycles. The van der Waals surface area contributed by atoms with Crippen molar-refractivity contribution < 1.29 is 13.2 Å².